The molecule has 2 aromatic rings. The maximum Gasteiger partial charge on any atom is 0.256 e. The zero-order chi connectivity index (χ0) is 13.0. The third kappa shape index (κ3) is 2.91. The second kappa shape index (κ2) is 5.40. The zero-order valence-corrected chi connectivity index (χ0v) is 9.98. The lowest BCUT2D eigenvalue weighted by Gasteiger charge is -2.05. The van der Waals surface area contributed by atoms with Crippen molar-refractivity contribution in [1.82, 2.24) is 4.98 Å². The monoisotopic (exact) mass is 244 g/mol. The Hall–Kier alpha value is -2.23. The summed E-state index contributed by atoms with van der Waals surface area (Å²) in [6.45, 7) is 2.05. The van der Waals surface area contributed by atoms with Crippen molar-refractivity contribution in [2.24, 2.45) is 0 Å². The number of aromatic nitrogens is 1. The number of pyridine rings is 1. The van der Waals surface area contributed by atoms with Crippen LogP contribution in [-0.4, -0.2) is 10.9 Å². The van der Waals surface area contributed by atoms with E-state index in [0.717, 1.165) is 12.0 Å². The average molecular weight is 244 g/mol. The first-order valence-electron chi connectivity index (χ1n) is 5.72. The van der Waals surface area contributed by atoms with E-state index in [-0.39, 0.29) is 11.7 Å². The quantitative estimate of drug-likeness (QED) is 0.843. The highest BCUT2D eigenvalue weighted by molar-refractivity contribution is 6.03. The van der Waals surface area contributed by atoms with E-state index >= 15 is 0 Å². The lowest BCUT2D eigenvalue weighted by atomic mass is 10.1. The van der Waals surface area contributed by atoms with E-state index in [4.69, 9.17) is 0 Å². The second-order valence-corrected chi connectivity index (χ2v) is 3.85. The topological polar surface area (TPSA) is 42.0 Å². The molecule has 92 valence electrons. The number of benzene rings is 1. The summed E-state index contributed by atoms with van der Waals surface area (Å²) in [5.74, 6) is -0.704. The fraction of sp³-hybridized carbons (Fsp3) is 0.143. The number of carbonyl (C=O) groups excluding carboxylic acids is 1. The van der Waals surface area contributed by atoms with E-state index in [9.17, 15) is 9.18 Å². The van der Waals surface area contributed by atoms with Crippen molar-refractivity contribution in [3.63, 3.8) is 0 Å². The number of hydrogen-bond acceptors (Lipinski definition) is 2. The largest absolute Gasteiger partial charge is 0.306 e. The van der Waals surface area contributed by atoms with Gasteiger partial charge in [0.25, 0.3) is 5.91 Å². The fourth-order valence-corrected chi connectivity index (χ4v) is 1.56. The van der Waals surface area contributed by atoms with Crippen molar-refractivity contribution in [2.75, 3.05) is 5.32 Å². The number of halogens is 1. The van der Waals surface area contributed by atoms with Crippen LogP contribution in [0.1, 0.15) is 22.8 Å². The summed E-state index contributed by atoms with van der Waals surface area (Å²) in [6.07, 6.45) is 0.924. The molecule has 0 unspecified atom stereocenters. The van der Waals surface area contributed by atoms with Gasteiger partial charge in [-0.25, -0.2) is 4.98 Å². The van der Waals surface area contributed by atoms with Gasteiger partial charge < -0.3 is 5.32 Å². The van der Waals surface area contributed by atoms with Crippen LogP contribution in [0, 0.1) is 5.95 Å². The number of nitrogens with one attached hydrogen (secondary N) is 1. The molecular weight excluding hydrogens is 231 g/mol. The number of anilines is 1. The molecule has 0 spiro atoms. The Balaban J connectivity index is 2.11. The van der Waals surface area contributed by atoms with Crippen LogP contribution in [0.5, 0.6) is 0 Å². The van der Waals surface area contributed by atoms with Gasteiger partial charge in [-0.05, 0) is 36.2 Å². The Morgan fingerprint density at radius 1 is 1.22 bits per heavy atom. The molecule has 0 fully saturated rings. The van der Waals surface area contributed by atoms with E-state index in [2.05, 4.69) is 10.3 Å². The van der Waals surface area contributed by atoms with Crippen molar-refractivity contribution < 1.29 is 9.18 Å². The minimum Gasteiger partial charge on any atom is -0.306 e. The van der Waals surface area contributed by atoms with Crippen LogP contribution in [-0.2, 0) is 6.42 Å². The summed E-state index contributed by atoms with van der Waals surface area (Å²) in [5, 5.41) is 2.55. The SMILES string of the molecule is CCc1ccc(C(=O)Nc2cccc(F)n2)cc1. The Morgan fingerprint density at radius 3 is 2.56 bits per heavy atom. The molecule has 0 radical (unpaired) electrons. The molecule has 18 heavy (non-hydrogen) atoms. The fourth-order valence-electron chi connectivity index (χ4n) is 1.56. The first-order chi connectivity index (χ1) is 8.69. The predicted octanol–water partition coefficient (Wildman–Crippen LogP) is 3.04. The number of rotatable bonds is 3. The van der Waals surface area contributed by atoms with E-state index in [1.807, 2.05) is 19.1 Å². The molecule has 0 aliphatic carbocycles. The highest BCUT2D eigenvalue weighted by atomic mass is 19.1. The van der Waals surface area contributed by atoms with Gasteiger partial charge in [-0.2, -0.15) is 4.39 Å². The summed E-state index contributed by atoms with van der Waals surface area (Å²) in [6, 6.07) is 11.5. The van der Waals surface area contributed by atoms with Gasteiger partial charge in [0.1, 0.15) is 5.82 Å². The maximum atomic E-state index is 12.9. The summed E-state index contributed by atoms with van der Waals surface area (Å²) in [4.78, 5) is 15.4. The zero-order valence-electron chi connectivity index (χ0n) is 9.98. The van der Waals surface area contributed by atoms with Gasteiger partial charge in [-0.15, -0.1) is 0 Å². The molecule has 4 heteroatoms. The van der Waals surface area contributed by atoms with Crippen LogP contribution in [0.2, 0.25) is 0 Å². The number of carbonyl (C=O) groups is 1. The third-order valence-electron chi connectivity index (χ3n) is 2.58. The van der Waals surface area contributed by atoms with E-state index in [1.165, 1.54) is 12.1 Å². The van der Waals surface area contributed by atoms with Crippen molar-refractivity contribution >= 4 is 11.7 Å². The van der Waals surface area contributed by atoms with Crippen molar-refractivity contribution in [2.45, 2.75) is 13.3 Å². The van der Waals surface area contributed by atoms with E-state index in [1.54, 1.807) is 18.2 Å². The molecule has 1 aromatic heterocycles. The number of hydrogen-bond donors (Lipinski definition) is 1. The van der Waals surface area contributed by atoms with Crippen LogP contribution in [0.4, 0.5) is 10.2 Å². The van der Waals surface area contributed by atoms with Crippen LogP contribution in [0.15, 0.2) is 42.5 Å². The van der Waals surface area contributed by atoms with Crippen LogP contribution < -0.4 is 5.32 Å². The maximum absolute atomic E-state index is 12.9. The minimum atomic E-state index is -0.617. The van der Waals surface area contributed by atoms with E-state index in [0.29, 0.717) is 5.56 Å². The Labute approximate surface area is 105 Å². The highest BCUT2D eigenvalue weighted by Crippen LogP contribution is 2.09. The molecule has 0 aliphatic rings. The Bertz CT molecular complexity index is 552. The lowest BCUT2D eigenvalue weighted by molar-refractivity contribution is 0.102. The minimum absolute atomic E-state index is 0.208. The lowest BCUT2D eigenvalue weighted by Crippen LogP contribution is -2.13. The van der Waals surface area contributed by atoms with Crippen LogP contribution in [0.3, 0.4) is 0 Å². The molecule has 1 amide bonds. The molecule has 1 heterocycles. The molecule has 0 saturated heterocycles. The van der Waals surface area contributed by atoms with E-state index < -0.39 is 5.95 Å². The summed E-state index contributed by atoms with van der Waals surface area (Å²) >= 11 is 0. The van der Waals surface area contributed by atoms with Crippen molar-refractivity contribution in [1.29, 1.82) is 0 Å². The Morgan fingerprint density at radius 2 is 1.94 bits per heavy atom. The number of aryl methyl sites for hydroxylation is 1. The third-order valence-corrected chi connectivity index (χ3v) is 2.58. The standard InChI is InChI=1S/C14H13FN2O/c1-2-10-6-8-11(9-7-10)14(18)17-13-5-3-4-12(15)16-13/h3-9H,2H2,1H3,(H,16,17,18). The second-order valence-electron chi connectivity index (χ2n) is 3.85. The summed E-state index contributed by atoms with van der Waals surface area (Å²) in [5.41, 5.74) is 1.69. The molecule has 0 aliphatic heterocycles. The van der Waals surface area contributed by atoms with Gasteiger partial charge in [-0.3, -0.25) is 4.79 Å². The summed E-state index contributed by atoms with van der Waals surface area (Å²) in [7, 11) is 0. The van der Waals surface area contributed by atoms with Gasteiger partial charge >= 0.3 is 0 Å². The normalized spacial score (nSPS) is 10.1. The molecule has 2 rings (SSSR count). The van der Waals surface area contributed by atoms with Crippen LogP contribution in [0.25, 0.3) is 0 Å². The van der Waals surface area contributed by atoms with Gasteiger partial charge in [0, 0.05) is 5.56 Å². The molecular formula is C14H13FN2O. The average Bonchev–Trinajstić information content (AvgIpc) is 2.39. The Kier molecular flexibility index (Phi) is 3.67. The summed E-state index contributed by atoms with van der Waals surface area (Å²) < 4.78 is 12.9. The van der Waals surface area contributed by atoms with Gasteiger partial charge in [0.05, 0.1) is 0 Å². The number of nitrogens with zero attached hydrogens (tertiary/aromatic N) is 1. The molecule has 1 N–H and O–H groups in total. The molecule has 3 nitrogen and oxygen atoms in total. The van der Waals surface area contributed by atoms with Gasteiger partial charge in [0.2, 0.25) is 5.95 Å². The smallest absolute Gasteiger partial charge is 0.256 e. The first kappa shape index (κ1) is 12.2. The molecule has 0 bridgehead atoms. The molecule has 0 atom stereocenters. The molecule has 1 aromatic carbocycles. The van der Waals surface area contributed by atoms with Crippen molar-refractivity contribution in [3.8, 4) is 0 Å². The van der Waals surface area contributed by atoms with Crippen molar-refractivity contribution in [3.05, 3.63) is 59.5 Å². The number of amides is 1. The highest BCUT2D eigenvalue weighted by Gasteiger charge is 2.06. The van der Waals surface area contributed by atoms with Gasteiger partial charge in [0.15, 0.2) is 0 Å². The predicted molar refractivity (Wildman–Crippen MR) is 68.0 cm³/mol. The molecule has 0 saturated carbocycles. The van der Waals surface area contributed by atoms with Crippen LogP contribution >= 0.6 is 0 Å². The first-order valence-corrected chi connectivity index (χ1v) is 5.72. The van der Waals surface area contributed by atoms with Gasteiger partial charge in [-0.1, -0.05) is 25.1 Å².